The van der Waals surface area contributed by atoms with Crippen LogP contribution in [-0.2, 0) is 0 Å². The Morgan fingerprint density at radius 2 is 1.88 bits per heavy atom. The summed E-state index contributed by atoms with van der Waals surface area (Å²) in [6.07, 6.45) is 5.80. The summed E-state index contributed by atoms with van der Waals surface area (Å²) in [5.41, 5.74) is 2.48. The predicted octanol–water partition coefficient (Wildman–Crippen LogP) is 1.74. The van der Waals surface area contributed by atoms with E-state index in [1.165, 1.54) is 12.8 Å². The lowest BCUT2D eigenvalue weighted by Gasteiger charge is -2.30. The smallest absolute Gasteiger partial charge is 0.271 e. The lowest BCUT2D eigenvalue weighted by atomic mass is 9.96. The van der Waals surface area contributed by atoms with Crippen molar-refractivity contribution in [2.45, 2.75) is 37.5 Å². The number of H-pyrrole nitrogens is 1. The Bertz CT molecular complexity index is 904. The van der Waals surface area contributed by atoms with E-state index >= 15 is 0 Å². The fourth-order valence-electron chi connectivity index (χ4n) is 3.56. The van der Waals surface area contributed by atoms with Crippen LogP contribution in [0, 0.1) is 0 Å². The molecule has 0 radical (unpaired) electrons. The van der Waals surface area contributed by atoms with Gasteiger partial charge < -0.3 is 4.90 Å². The first-order valence-electron chi connectivity index (χ1n) is 8.80. The SMILES string of the molecule is O=C(c1ccn[nH]1)N1CCC(c2nnc3ccc(C4CC4)nn23)CC1. The van der Waals surface area contributed by atoms with Gasteiger partial charge in [-0.05, 0) is 43.9 Å². The molecule has 1 saturated heterocycles. The van der Waals surface area contributed by atoms with Gasteiger partial charge in [-0.3, -0.25) is 9.89 Å². The van der Waals surface area contributed by atoms with E-state index in [-0.39, 0.29) is 11.8 Å². The molecule has 3 aromatic heterocycles. The fraction of sp³-hybridized carbons (Fsp3) is 0.471. The maximum atomic E-state index is 12.4. The van der Waals surface area contributed by atoms with Crippen LogP contribution in [0.2, 0.25) is 0 Å². The third-order valence-corrected chi connectivity index (χ3v) is 5.18. The van der Waals surface area contributed by atoms with Crippen LogP contribution in [0.4, 0.5) is 0 Å². The first-order chi connectivity index (χ1) is 12.3. The molecule has 5 rings (SSSR count). The van der Waals surface area contributed by atoms with E-state index in [9.17, 15) is 4.79 Å². The van der Waals surface area contributed by atoms with Gasteiger partial charge in [-0.2, -0.15) is 14.7 Å². The molecule has 128 valence electrons. The zero-order chi connectivity index (χ0) is 16.8. The van der Waals surface area contributed by atoms with Gasteiger partial charge in [0.15, 0.2) is 11.5 Å². The highest BCUT2D eigenvalue weighted by molar-refractivity contribution is 5.92. The van der Waals surface area contributed by atoms with Crippen molar-refractivity contribution in [1.82, 2.24) is 34.9 Å². The molecule has 0 bridgehead atoms. The molecule has 0 aromatic carbocycles. The number of piperidine rings is 1. The zero-order valence-electron chi connectivity index (χ0n) is 13.8. The maximum Gasteiger partial charge on any atom is 0.271 e. The molecule has 2 aliphatic rings. The van der Waals surface area contributed by atoms with Crippen molar-refractivity contribution in [3.05, 3.63) is 41.6 Å². The van der Waals surface area contributed by atoms with Gasteiger partial charge in [0, 0.05) is 31.1 Å². The number of hydrogen-bond acceptors (Lipinski definition) is 5. The van der Waals surface area contributed by atoms with E-state index < -0.39 is 0 Å². The second-order valence-electron chi connectivity index (χ2n) is 6.90. The molecule has 8 nitrogen and oxygen atoms in total. The Morgan fingerprint density at radius 1 is 1.04 bits per heavy atom. The number of fused-ring (bicyclic) bond motifs is 1. The number of nitrogens with one attached hydrogen (secondary N) is 1. The summed E-state index contributed by atoms with van der Waals surface area (Å²) in [5.74, 6) is 1.82. The van der Waals surface area contributed by atoms with Crippen LogP contribution in [0.1, 0.15) is 59.5 Å². The predicted molar refractivity (Wildman–Crippen MR) is 89.2 cm³/mol. The van der Waals surface area contributed by atoms with E-state index in [0.717, 1.165) is 30.0 Å². The summed E-state index contributed by atoms with van der Waals surface area (Å²) in [5, 5.41) is 20.0. The summed E-state index contributed by atoms with van der Waals surface area (Å²) in [7, 11) is 0. The number of carbonyl (C=O) groups is 1. The Balaban J connectivity index is 1.34. The van der Waals surface area contributed by atoms with Gasteiger partial charge in [0.1, 0.15) is 5.69 Å². The lowest BCUT2D eigenvalue weighted by molar-refractivity contribution is 0.0704. The molecule has 1 amide bonds. The molecule has 0 spiro atoms. The average molecular weight is 337 g/mol. The number of carbonyl (C=O) groups excluding carboxylic acids is 1. The van der Waals surface area contributed by atoms with Crippen LogP contribution in [-0.4, -0.2) is 53.9 Å². The third kappa shape index (κ3) is 2.57. The normalized spacial score (nSPS) is 18.8. The lowest BCUT2D eigenvalue weighted by Crippen LogP contribution is -2.38. The van der Waals surface area contributed by atoms with Gasteiger partial charge in [-0.25, -0.2) is 0 Å². The van der Waals surface area contributed by atoms with Gasteiger partial charge in [0.25, 0.3) is 5.91 Å². The molecule has 25 heavy (non-hydrogen) atoms. The molecule has 2 fully saturated rings. The first-order valence-corrected chi connectivity index (χ1v) is 8.80. The molecule has 1 saturated carbocycles. The van der Waals surface area contributed by atoms with Gasteiger partial charge in [0.2, 0.25) is 0 Å². The van der Waals surface area contributed by atoms with E-state index in [1.54, 1.807) is 12.3 Å². The van der Waals surface area contributed by atoms with Gasteiger partial charge >= 0.3 is 0 Å². The molecule has 4 heterocycles. The number of aromatic nitrogens is 6. The van der Waals surface area contributed by atoms with Crippen molar-refractivity contribution in [3.8, 4) is 0 Å². The van der Waals surface area contributed by atoms with Gasteiger partial charge in [-0.1, -0.05) is 0 Å². The highest BCUT2D eigenvalue weighted by atomic mass is 16.2. The Morgan fingerprint density at radius 3 is 2.60 bits per heavy atom. The summed E-state index contributed by atoms with van der Waals surface area (Å²) in [6, 6.07) is 5.79. The minimum absolute atomic E-state index is 0.0104. The van der Waals surface area contributed by atoms with Gasteiger partial charge in [-0.15, -0.1) is 10.2 Å². The molecule has 8 heteroatoms. The van der Waals surface area contributed by atoms with Crippen molar-refractivity contribution >= 4 is 11.6 Å². The van der Waals surface area contributed by atoms with Crippen LogP contribution < -0.4 is 0 Å². The number of amides is 1. The standard InChI is InChI=1S/C17H19N7O/c25-17(14-5-8-18-19-14)23-9-6-12(7-10-23)16-21-20-15-4-3-13(11-1-2-11)22-24(15)16/h3-5,8,11-12H,1-2,6-7,9-10H2,(H,18,19). The molecular weight excluding hydrogens is 318 g/mol. The van der Waals surface area contributed by atoms with Crippen LogP contribution in [0.5, 0.6) is 0 Å². The quantitative estimate of drug-likeness (QED) is 0.786. The van der Waals surface area contributed by atoms with E-state index in [0.29, 0.717) is 24.7 Å². The number of nitrogens with zero attached hydrogens (tertiary/aromatic N) is 6. The van der Waals surface area contributed by atoms with Crippen molar-refractivity contribution in [2.75, 3.05) is 13.1 Å². The second kappa shape index (κ2) is 5.65. The van der Waals surface area contributed by atoms with Gasteiger partial charge in [0.05, 0.1) is 5.69 Å². The fourth-order valence-corrected chi connectivity index (χ4v) is 3.56. The summed E-state index contributed by atoms with van der Waals surface area (Å²) >= 11 is 0. The van der Waals surface area contributed by atoms with E-state index in [1.807, 2.05) is 15.5 Å². The number of likely N-dealkylation sites (tertiary alicyclic amines) is 1. The average Bonchev–Trinajstić information content (AvgIpc) is 3.20. The molecule has 0 unspecified atom stereocenters. The van der Waals surface area contributed by atoms with Crippen molar-refractivity contribution in [1.29, 1.82) is 0 Å². The molecule has 3 aromatic rings. The Hall–Kier alpha value is -2.77. The van der Waals surface area contributed by atoms with Crippen molar-refractivity contribution < 1.29 is 4.79 Å². The molecule has 1 aliphatic heterocycles. The van der Waals surface area contributed by atoms with Crippen LogP contribution in [0.3, 0.4) is 0 Å². The van der Waals surface area contributed by atoms with Crippen LogP contribution in [0.15, 0.2) is 24.4 Å². The molecular formula is C17H19N7O. The Labute approximate surface area is 144 Å². The van der Waals surface area contributed by atoms with E-state index in [2.05, 4.69) is 26.5 Å². The topological polar surface area (TPSA) is 92.1 Å². The minimum Gasteiger partial charge on any atom is -0.337 e. The Kier molecular flexibility index (Phi) is 3.29. The molecule has 0 atom stereocenters. The number of hydrogen-bond donors (Lipinski definition) is 1. The van der Waals surface area contributed by atoms with E-state index in [4.69, 9.17) is 5.10 Å². The molecule has 1 aliphatic carbocycles. The summed E-state index contributed by atoms with van der Waals surface area (Å²) in [6.45, 7) is 1.42. The van der Waals surface area contributed by atoms with Crippen LogP contribution in [0.25, 0.3) is 5.65 Å². The molecule has 1 N–H and O–H groups in total. The maximum absolute atomic E-state index is 12.4. The zero-order valence-corrected chi connectivity index (χ0v) is 13.8. The monoisotopic (exact) mass is 337 g/mol. The van der Waals surface area contributed by atoms with Crippen molar-refractivity contribution in [2.24, 2.45) is 0 Å². The second-order valence-corrected chi connectivity index (χ2v) is 6.90. The highest BCUT2D eigenvalue weighted by Gasteiger charge is 2.29. The number of aromatic amines is 1. The first kappa shape index (κ1) is 14.6. The largest absolute Gasteiger partial charge is 0.337 e. The third-order valence-electron chi connectivity index (χ3n) is 5.18. The minimum atomic E-state index is 0.0104. The number of rotatable bonds is 3. The van der Waals surface area contributed by atoms with Crippen molar-refractivity contribution in [3.63, 3.8) is 0 Å². The van der Waals surface area contributed by atoms with Crippen LogP contribution >= 0.6 is 0 Å². The summed E-state index contributed by atoms with van der Waals surface area (Å²) < 4.78 is 1.91. The summed E-state index contributed by atoms with van der Waals surface area (Å²) in [4.78, 5) is 14.3. The highest BCUT2D eigenvalue weighted by Crippen LogP contribution is 2.39.